The van der Waals surface area contributed by atoms with E-state index in [1.54, 1.807) is 0 Å². The molecule has 1 aliphatic carbocycles. The van der Waals surface area contributed by atoms with Gasteiger partial charge in [0.25, 0.3) is 0 Å². The largest absolute Gasteiger partial charge is 0.356 e. The van der Waals surface area contributed by atoms with Crippen LogP contribution in [-0.4, -0.2) is 18.2 Å². The van der Waals surface area contributed by atoms with Gasteiger partial charge in [0.2, 0.25) is 5.91 Å². The standard InChI is InChI=1S/C14H25NO2/c1-4-9-15-14(17)12-7-5-11(6-8-12)13(16)10(2)3/h10-12H,4-9H2,1-3H3,(H,15,17)/t11-,12-. The molecule has 1 rings (SSSR count). The van der Waals surface area contributed by atoms with Crippen molar-refractivity contribution in [3.63, 3.8) is 0 Å². The molecule has 0 bridgehead atoms. The number of carbonyl (C=O) groups is 2. The van der Waals surface area contributed by atoms with E-state index in [9.17, 15) is 9.59 Å². The molecule has 0 heterocycles. The summed E-state index contributed by atoms with van der Waals surface area (Å²) in [5, 5.41) is 2.95. The topological polar surface area (TPSA) is 46.2 Å². The van der Waals surface area contributed by atoms with Crippen molar-refractivity contribution >= 4 is 11.7 Å². The van der Waals surface area contributed by atoms with Gasteiger partial charge in [0.1, 0.15) is 5.78 Å². The molecule has 0 aromatic carbocycles. The van der Waals surface area contributed by atoms with Crippen molar-refractivity contribution in [3.8, 4) is 0 Å². The first kappa shape index (κ1) is 14.2. The normalized spacial score (nSPS) is 24.7. The Kier molecular flexibility index (Phi) is 5.66. The van der Waals surface area contributed by atoms with Crippen LogP contribution < -0.4 is 5.32 Å². The van der Waals surface area contributed by atoms with Gasteiger partial charge < -0.3 is 5.32 Å². The number of rotatable bonds is 5. The second-order valence-corrected chi connectivity index (χ2v) is 5.40. The van der Waals surface area contributed by atoms with Crippen molar-refractivity contribution in [1.29, 1.82) is 0 Å². The van der Waals surface area contributed by atoms with Crippen LogP contribution in [0, 0.1) is 17.8 Å². The van der Waals surface area contributed by atoms with Gasteiger partial charge in [-0.3, -0.25) is 9.59 Å². The third kappa shape index (κ3) is 4.14. The predicted molar refractivity (Wildman–Crippen MR) is 68.6 cm³/mol. The first-order valence-electron chi connectivity index (χ1n) is 6.87. The average Bonchev–Trinajstić information content (AvgIpc) is 2.35. The third-order valence-corrected chi connectivity index (χ3v) is 3.62. The Hall–Kier alpha value is -0.860. The molecule has 0 radical (unpaired) electrons. The van der Waals surface area contributed by atoms with E-state index in [0.717, 1.165) is 38.6 Å². The highest BCUT2D eigenvalue weighted by molar-refractivity contribution is 5.83. The molecule has 1 fully saturated rings. The fraction of sp³-hybridized carbons (Fsp3) is 0.857. The summed E-state index contributed by atoms with van der Waals surface area (Å²) in [6, 6.07) is 0. The molecule has 0 unspecified atom stereocenters. The maximum absolute atomic E-state index is 11.8. The quantitative estimate of drug-likeness (QED) is 0.801. The molecular weight excluding hydrogens is 214 g/mol. The SMILES string of the molecule is CCCNC(=O)[C@H]1CC[C@H](C(=O)C(C)C)CC1. The second-order valence-electron chi connectivity index (χ2n) is 5.40. The van der Waals surface area contributed by atoms with Gasteiger partial charge in [-0.15, -0.1) is 0 Å². The minimum Gasteiger partial charge on any atom is -0.356 e. The molecule has 3 heteroatoms. The van der Waals surface area contributed by atoms with E-state index in [1.165, 1.54) is 0 Å². The molecule has 98 valence electrons. The van der Waals surface area contributed by atoms with Crippen molar-refractivity contribution in [2.75, 3.05) is 6.54 Å². The molecule has 1 amide bonds. The fourth-order valence-electron chi connectivity index (χ4n) is 2.50. The van der Waals surface area contributed by atoms with Gasteiger partial charge in [0, 0.05) is 24.3 Å². The van der Waals surface area contributed by atoms with Crippen LogP contribution in [0.1, 0.15) is 52.9 Å². The predicted octanol–water partition coefficient (Wildman–Crippen LogP) is 2.54. The number of carbonyl (C=O) groups excluding carboxylic acids is 2. The van der Waals surface area contributed by atoms with E-state index in [2.05, 4.69) is 12.2 Å². The van der Waals surface area contributed by atoms with Crippen LogP contribution >= 0.6 is 0 Å². The van der Waals surface area contributed by atoms with Crippen LogP contribution in [0.2, 0.25) is 0 Å². The Labute approximate surface area is 104 Å². The summed E-state index contributed by atoms with van der Waals surface area (Å²) in [4.78, 5) is 23.6. The van der Waals surface area contributed by atoms with Crippen molar-refractivity contribution in [1.82, 2.24) is 5.32 Å². The third-order valence-electron chi connectivity index (χ3n) is 3.62. The van der Waals surface area contributed by atoms with Crippen LogP contribution in [-0.2, 0) is 9.59 Å². The molecule has 17 heavy (non-hydrogen) atoms. The van der Waals surface area contributed by atoms with Crippen LogP contribution in [0.25, 0.3) is 0 Å². The zero-order chi connectivity index (χ0) is 12.8. The first-order chi connectivity index (χ1) is 8.06. The Bertz CT molecular complexity index is 265. The number of hydrogen-bond donors (Lipinski definition) is 1. The van der Waals surface area contributed by atoms with Crippen LogP contribution in [0.4, 0.5) is 0 Å². The van der Waals surface area contributed by atoms with Gasteiger partial charge in [-0.2, -0.15) is 0 Å². The van der Waals surface area contributed by atoms with Crippen LogP contribution in [0.3, 0.4) is 0 Å². The zero-order valence-corrected chi connectivity index (χ0v) is 11.3. The van der Waals surface area contributed by atoms with Crippen LogP contribution in [0.15, 0.2) is 0 Å². The van der Waals surface area contributed by atoms with E-state index in [-0.39, 0.29) is 23.7 Å². The molecule has 0 aliphatic heterocycles. The van der Waals surface area contributed by atoms with Gasteiger partial charge in [-0.25, -0.2) is 0 Å². The number of ketones is 1. The van der Waals surface area contributed by atoms with Crippen LogP contribution in [0.5, 0.6) is 0 Å². The minimum atomic E-state index is 0.130. The summed E-state index contributed by atoms with van der Waals surface area (Å²) >= 11 is 0. The van der Waals surface area contributed by atoms with Gasteiger partial charge in [0.15, 0.2) is 0 Å². The van der Waals surface area contributed by atoms with E-state index >= 15 is 0 Å². The van der Waals surface area contributed by atoms with Gasteiger partial charge in [0.05, 0.1) is 0 Å². The summed E-state index contributed by atoms with van der Waals surface area (Å²) < 4.78 is 0. The van der Waals surface area contributed by atoms with Gasteiger partial charge >= 0.3 is 0 Å². The number of amides is 1. The lowest BCUT2D eigenvalue weighted by molar-refractivity contribution is -0.130. The maximum Gasteiger partial charge on any atom is 0.223 e. The van der Waals surface area contributed by atoms with Crippen molar-refractivity contribution in [3.05, 3.63) is 0 Å². The molecule has 1 saturated carbocycles. The second kappa shape index (κ2) is 6.77. The van der Waals surface area contributed by atoms with E-state index < -0.39 is 0 Å². The lowest BCUT2D eigenvalue weighted by atomic mass is 9.77. The van der Waals surface area contributed by atoms with E-state index in [0.29, 0.717) is 5.78 Å². The summed E-state index contributed by atoms with van der Waals surface area (Å²) in [6.07, 6.45) is 4.51. The zero-order valence-electron chi connectivity index (χ0n) is 11.3. The Morgan fingerprint density at radius 3 is 2.12 bits per heavy atom. The minimum absolute atomic E-state index is 0.130. The molecule has 1 aliphatic rings. The smallest absolute Gasteiger partial charge is 0.223 e. The summed E-state index contributed by atoms with van der Waals surface area (Å²) in [5.74, 6) is 1.02. The summed E-state index contributed by atoms with van der Waals surface area (Å²) in [7, 11) is 0. The van der Waals surface area contributed by atoms with Gasteiger partial charge in [-0.1, -0.05) is 20.8 Å². The molecular formula is C14H25NO2. The Morgan fingerprint density at radius 2 is 1.65 bits per heavy atom. The fourth-order valence-corrected chi connectivity index (χ4v) is 2.50. The van der Waals surface area contributed by atoms with E-state index in [4.69, 9.17) is 0 Å². The lowest BCUT2D eigenvalue weighted by Crippen LogP contribution is -2.35. The Morgan fingerprint density at radius 1 is 1.12 bits per heavy atom. The highest BCUT2D eigenvalue weighted by atomic mass is 16.2. The molecule has 0 spiro atoms. The number of hydrogen-bond acceptors (Lipinski definition) is 2. The van der Waals surface area contributed by atoms with Crippen molar-refractivity contribution in [2.45, 2.75) is 52.9 Å². The molecule has 0 aromatic rings. The Balaban J connectivity index is 2.35. The summed E-state index contributed by atoms with van der Waals surface area (Å²) in [6.45, 7) is 6.74. The monoisotopic (exact) mass is 239 g/mol. The van der Waals surface area contributed by atoms with Crippen molar-refractivity contribution in [2.24, 2.45) is 17.8 Å². The van der Waals surface area contributed by atoms with Crippen molar-refractivity contribution < 1.29 is 9.59 Å². The lowest BCUT2D eigenvalue weighted by Gasteiger charge is -2.27. The maximum atomic E-state index is 11.8. The van der Waals surface area contributed by atoms with E-state index in [1.807, 2.05) is 13.8 Å². The molecule has 0 saturated heterocycles. The molecule has 0 atom stereocenters. The number of nitrogens with one attached hydrogen (secondary N) is 1. The van der Waals surface area contributed by atoms with Gasteiger partial charge in [-0.05, 0) is 32.1 Å². The highest BCUT2D eigenvalue weighted by Crippen LogP contribution is 2.30. The first-order valence-corrected chi connectivity index (χ1v) is 6.87. The molecule has 0 aromatic heterocycles. The average molecular weight is 239 g/mol. The number of Topliss-reactive ketones (excluding diaryl/α,β-unsaturated/α-hetero) is 1. The highest BCUT2D eigenvalue weighted by Gasteiger charge is 2.30. The molecule has 3 nitrogen and oxygen atoms in total. The summed E-state index contributed by atoms with van der Waals surface area (Å²) in [5.41, 5.74) is 0. The molecule has 1 N–H and O–H groups in total.